The van der Waals surface area contributed by atoms with Gasteiger partial charge in [-0.1, -0.05) is 0 Å². The van der Waals surface area contributed by atoms with Crippen LogP contribution in [0.1, 0.15) is 0 Å². The van der Waals surface area contributed by atoms with Crippen LogP contribution < -0.4 is 137 Å². The molecule has 0 spiro atoms. The Morgan fingerprint density at radius 2 is 1.00 bits per heavy atom. The second-order valence-electron chi connectivity index (χ2n) is 0.192. The molecule has 0 amide bonds. The van der Waals surface area contributed by atoms with E-state index in [-0.39, 0.29) is 127 Å². The molecule has 0 radical (unpaired) electrons. The van der Waals surface area contributed by atoms with E-state index in [1.807, 2.05) is 0 Å². The largest absolute Gasteiger partial charge is 1.00 e. The predicted molar refractivity (Wildman–Crippen MR) is 12.1 cm³/mol. The van der Waals surface area contributed by atoms with Crippen molar-refractivity contribution in [1.82, 2.24) is 0 Å². The fourth-order valence-corrected chi connectivity index (χ4v) is 0. The third-order valence-corrected chi connectivity index (χ3v) is 0. The van der Waals surface area contributed by atoms with Crippen LogP contribution >= 0.6 is 0 Å². The van der Waals surface area contributed by atoms with Gasteiger partial charge < -0.3 is 19.8 Å². The number of carboxylic acid groups (broad SMARTS) is 2. The molecule has 0 saturated carbocycles. The summed E-state index contributed by atoms with van der Waals surface area (Å²) in [4.78, 5) is 16.5. The van der Waals surface area contributed by atoms with Crippen LogP contribution in [0.15, 0.2) is 0 Å². The first-order chi connectivity index (χ1) is 2.83. The van der Waals surface area contributed by atoms with E-state index < -0.39 is 12.9 Å². The Hall–Kier alpha value is 2.80. The van der Waals surface area contributed by atoms with Crippen LogP contribution in [-0.4, -0.2) is 12.9 Å². The number of hydrogen-bond donors (Lipinski definition) is 0. The molecule has 0 aromatic rings. The molecule has 0 bridgehead atoms. The van der Waals surface area contributed by atoms with Crippen LogP contribution in [0.2, 0.25) is 0 Å². The minimum absolute atomic E-state index is 0. The molecule has 0 rings (SSSR count). The van der Waals surface area contributed by atoms with Crippen LogP contribution in [0.3, 0.4) is 0 Å². The monoisotopic (exact) mass is 308 g/mol. The van der Waals surface area contributed by atoms with Gasteiger partial charge in [-0.2, -0.15) is 0 Å². The molecule has 6 heteroatoms. The number of hydrogen-bond acceptors (Lipinski definition) is 4. The predicted octanol–water partition coefficient (Wildman–Crippen LogP) is -9.26. The second-order valence-corrected chi connectivity index (χ2v) is 0.192. The van der Waals surface area contributed by atoms with E-state index in [1.165, 1.54) is 0 Å². The first-order valence-corrected chi connectivity index (χ1v) is 0.943. The number of rotatable bonds is 0. The van der Waals surface area contributed by atoms with Gasteiger partial charge >= 0.3 is 127 Å². The molecule has 0 unspecified atom stereocenters. The third-order valence-electron chi connectivity index (χ3n) is 0. The van der Waals surface area contributed by atoms with Crippen molar-refractivity contribution in [3.63, 3.8) is 0 Å². The van der Waals surface area contributed by atoms with Crippen molar-refractivity contribution in [3.8, 4) is 0 Å². The maximum absolute atomic E-state index is 8.25. The van der Waals surface area contributed by atoms with Gasteiger partial charge in [0.25, 0.3) is 0 Å². The van der Waals surface area contributed by atoms with Crippen LogP contribution in [0, 0.1) is 0 Å². The van der Waals surface area contributed by atoms with Crippen LogP contribution in [0.25, 0.3) is 0 Å². The summed E-state index contributed by atoms with van der Waals surface area (Å²) < 4.78 is 0. The molecule has 0 aliphatic heterocycles. The van der Waals surface area contributed by atoms with Gasteiger partial charge in [-0.15, -0.1) is 0 Å². The topological polar surface area (TPSA) is 80.3 Å². The van der Waals surface area contributed by atoms with E-state index in [0.717, 1.165) is 0 Å². The fraction of sp³-hybridized carbons (Fsp3) is 0. The Bertz CT molecular complexity index is 35.0. The Morgan fingerprint density at radius 3 is 1.00 bits per heavy atom. The molecule has 0 aromatic carbocycles. The Balaban J connectivity index is -0.0000000160. The maximum atomic E-state index is 8.25. The van der Waals surface area contributed by atoms with Gasteiger partial charge in [0, 0.05) is 12.9 Å². The Kier molecular flexibility index (Phi) is 92.4. The SMILES string of the molecule is O=C[O-].O=C[O-].[Cs+].[Rb+]. The third kappa shape index (κ3) is 68.4. The van der Waals surface area contributed by atoms with E-state index in [9.17, 15) is 0 Å². The van der Waals surface area contributed by atoms with Crippen LogP contribution in [0.5, 0.6) is 0 Å². The smallest absolute Gasteiger partial charge is 0.554 e. The van der Waals surface area contributed by atoms with Gasteiger partial charge in [0.2, 0.25) is 0 Å². The standard InChI is InChI=1S/2CH2O2.Cs.Rb/c2*2-1-3;;/h2*1H,(H,2,3);;/q;;2*+1/p-2. The molecule has 0 fully saturated rings. The van der Waals surface area contributed by atoms with Gasteiger partial charge in [-0.3, -0.25) is 0 Å². The average Bonchev–Trinajstić information content (AvgIpc) is 1.39. The molecule has 36 valence electrons. The average molecular weight is 308 g/mol. The zero-order chi connectivity index (χ0) is 5.41. The molecular formula is C2H2CsO4Rb. The van der Waals surface area contributed by atoms with Gasteiger partial charge in [0.05, 0.1) is 0 Å². The van der Waals surface area contributed by atoms with Gasteiger partial charge in [0.15, 0.2) is 0 Å². The summed E-state index contributed by atoms with van der Waals surface area (Å²) in [6, 6.07) is 0. The van der Waals surface area contributed by atoms with Crippen molar-refractivity contribution in [1.29, 1.82) is 0 Å². The molecule has 0 atom stereocenters. The summed E-state index contributed by atoms with van der Waals surface area (Å²) in [5.41, 5.74) is 0. The maximum Gasteiger partial charge on any atom is 1.00 e. The zero-order valence-electron chi connectivity index (χ0n) is 4.79. The van der Waals surface area contributed by atoms with Gasteiger partial charge in [-0.25, -0.2) is 0 Å². The minimum Gasteiger partial charge on any atom is -0.554 e. The summed E-state index contributed by atoms with van der Waals surface area (Å²) in [5, 5.41) is 16.5. The van der Waals surface area contributed by atoms with Crippen molar-refractivity contribution in [2.24, 2.45) is 0 Å². The summed E-state index contributed by atoms with van der Waals surface area (Å²) in [6.07, 6.45) is 0. The zero-order valence-corrected chi connectivity index (χ0v) is 16.0. The van der Waals surface area contributed by atoms with Crippen LogP contribution in [0.4, 0.5) is 0 Å². The van der Waals surface area contributed by atoms with E-state index >= 15 is 0 Å². The van der Waals surface area contributed by atoms with Gasteiger partial charge in [-0.05, 0) is 0 Å². The van der Waals surface area contributed by atoms with Gasteiger partial charge in [0.1, 0.15) is 0 Å². The molecule has 0 N–H and O–H groups in total. The molecule has 8 heavy (non-hydrogen) atoms. The molecule has 0 aliphatic rings. The number of carbonyl (C=O) groups is 2. The number of carbonyl (C=O) groups excluding carboxylic acids is 2. The van der Waals surface area contributed by atoms with E-state index in [2.05, 4.69) is 0 Å². The molecule has 0 aliphatic carbocycles. The Labute approximate surface area is 155 Å². The molecule has 0 aromatic heterocycles. The second kappa shape index (κ2) is 32.9. The first kappa shape index (κ1) is 22.4. The van der Waals surface area contributed by atoms with E-state index in [0.29, 0.717) is 0 Å². The van der Waals surface area contributed by atoms with Crippen molar-refractivity contribution < 1.29 is 147 Å². The summed E-state index contributed by atoms with van der Waals surface area (Å²) >= 11 is 0. The first-order valence-electron chi connectivity index (χ1n) is 0.943. The van der Waals surface area contributed by atoms with E-state index in [1.54, 1.807) is 0 Å². The van der Waals surface area contributed by atoms with Crippen molar-refractivity contribution >= 4 is 12.9 Å². The fourth-order valence-electron chi connectivity index (χ4n) is 0. The summed E-state index contributed by atoms with van der Waals surface area (Å²) in [6.45, 7) is -1.00. The summed E-state index contributed by atoms with van der Waals surface area (Å²) in [7, 11) is 0. The summed E-state index contributed by atoms with van der Waals surface area (Å²) in [5.74, 6) is 0. The molecule has 4 nitrogen and oxygen atoms in total. The quantitative estimate of drug-likeness (QED) is 0.416. The molecule has 0 heterocycles. The minimum atomic E-state index is -0.500. The normalized spacial score (nSPS) is 3.00. The van der Waals surface area contributed by atoms with E-state index in [4.69, 9.17) is 19.8 Å². The Morgan fingerprint density at radius 1 is 1.00 bits per heavy atom. The molecule has 0 saturated heterocycles. The van der Waals surface area contributed by atoms with Crippen molar-refractivity contribution in [3.05, 3.63) is 0 Å². The van der Waals surface area contributed by atoms with Crippen molar-refractivity contribution in [2.75, 3.05) is 0 Å². The van der Waals surface area contributed by atoms with Crippen molar-refractivity contribution in [2.45, 2.75) is 0 Å². The van der Waals surface area contributed by atoms with Crippen LogP contribution in [-0.2, 0) is 9.59 Å². The molecular weight excluding hydrogens is 306 g/mol.